The van der Waals surface area contributed by atoms with Gasteiger partial charge in [0, 0.05) is 21.0 Å². The van der Waals surface area contributed by atoms with Crippen molar-refractivity contribution in [3.63, 3.8) is 0 Å². The second-order valence-electron chi connectivity index (χ2n) is 3.89. The fourth-order valence-electron chi connectivity index (χ4n) is 1.99. The zero-order valence-corrected chi connectivity index (χ0v) is 10.9. The van der Waals surface area contributed by atoms with Crippen LogP contribution in [-0.4, -0.2) is 12.6 Å². The van der Waals surface area contributed by atoms with Crippen molar-refractivity contribution in [1.82, 2.24) is 0 Å². The number of hydrogen-bond acceptors (Lipinski definition) is 3. The van der Waals surface area contributed by atoms with Crippen LogP contribution in [0.1, 0.15) is 10.4 Å². The van der Waals surface area contributed by atoms with Gasteiger partial charge < -0.3 is 4.74 Å². The highest BCUT2D eigenvalue weighted by Crippen LogP contribution is 2.37. The Balaban J connectivity index is 2.20. The van der Waals surface area contributed by atoms with E-state index in [4.69, 9.17) is 16.3 Å². The van der Waals surface area contributed by atoms with Crippen LogP contribution in [0.4, 0.5) is 0 Å². The minimum absolute atomic E-state index is 0.271. The van der Waals surface area contributed by atoms with Crippen LogP contribution in [0, 0.1) is 0 Å². The summed E-state index contributed by atoms with van der Waals surface area (Å²) >= 11 is 7.71. The predicted molar refractivity (Wildman–Crippen MR) is 73.5 cm³/mol. The Labute approximate surface area is 113 Å². The molecule has 0 unspecified atom stereocenters. The van der Waals surface area contributed by atoms with Gasteiger partial charge in [-0.3, -0.25) is 0 Å². The van der Waals surface area contributed by atoms with Gasteiger partial charge in [0.15, 0.2) is 0 Å². The molecule has 0 saturated heterocycles. The van der Waals surface area contributed by atoms with E-state index < -0.39 is 0 Å². The minimum atomic E-state index is -0.271. The lowest BCUT2D eigenvalue weighted by Gasteiger charge is -2.04. The predicted octanol–water partition coefficient (Wildman–Crippen LogP) is 3.87. The maximum Gasteiger partial charge on any atom is 0.340 e. The highest BCUT2D eigenvalue weighted by molar-refractivity contribution is 7.11. The normalized spacial score (nSPS) is 15.1. The van der Waals surface area contributed by atoms with E-state index in [9.17, 15) is 4.79 Å². The summed E-state index contributed by atoms with van der Waals surface area (Å²) in [6.45, 7) is 0.287. The van der Waals surface area contributed by atoms with E-state index >= 15 is 0 Å². The number of ether oxygens (including phenoxy) is 1. The molecule has 1 aromatic heterocycles. The average Bonchev–Trinajstić information content (AvgIpc) is 2.98. The minimum Gasteiger partial charge on any atom is -0.457 e. The van der Waals surface area contributed by atoms with Crippen molar-refractivity contribution in [3.8, 4) is 0 Å². The number of carbonyl (C=O) groups is 1. The number of rotatable bonds is 2. The zero-order valence-electron chi connectivity index (χ0n) is 9.35. The van der Waals surface area contributed by atoms with Crippen molar-refractivity contribution in [3.05, 3.63) is 57.2 Å². The van der Waals surface area contributed by atoms with Gasteiger partial charge in [0.2, 0.25) is 0 Å². The Hall–Kier alpha value is -1.58. The third-order valence-electron chi connectivity index (χ3n) is 2.82. The molecular weight excluding hydrogens is 268 g/mol. The summed E-state index contributed by atoms with van der Waals surface area (Å²) in [6.07, 6.45) is 0. The topological polar surface area (TPSA) is 26.3 Å². The molecule has 2 heterocycles. The van der Waals surface area contributed by atoms with E-state index in [1.807, 2.05) is 41.8 Å². The molecule has 0 saturated carbocycles. The maximum absolute atomic E-state index is 11.9. The average molecular weight is 277 g/mol. The smallest absolute Gasteiger partial charge is 0.340 e. The first-order valence-electron chi connectivity index (χ1n) is 5.46. The van der Waals surface area contributed by atoms with Crippen LogP contribution in [0.25, 0.3) is 11.1 Å². The molecule has 3 rings (SSSR count). The second kappa shape index (κ2) is 4.59. The fourth-order valence-corrected chi connectivity index (χ4v) is 3.03. The van der Waals surface area contributed by atoms with Crippen LogP contribution in [0.3, 0.4) is 0 Å². The number of hydrogen-bond donors (Lipinski definition) is 0. The third-order valence-corrected chi connectivity index (χ3v) is 4.04. The molecule has 1 aliphatic heterocycles. The molecule has 2 aromatic rings. The van der Waals surface area contributed by atoms with Crippen molar-refractivity contribution in [2.75, 3.05) is 6.61 Å². The van der Waals surface area contributed by atoms with Crippen molar-refractivity contribution in [2.45, 2.75) is 0 Å². The van der Waals surface area contributed by atoms with Crippen LogP contribution in [0.15, 0.2) is 41.8 Å². The Morgan fingerprint density at radius 1 is 1.17 bits per heavy atom. The number of esters is 1. The highest BCUT2D eigenvalue weighted by atomic mass is 35.5. The van der Waals surface area contributed by atoms with Crippen molar-refractivity contribution in [1.29, 1.82) is 0 Å². The van der Waals surface area contributed by atoms with Crippen LogP contribution in [0.5, 0.6) is 0 Å². The molecule has 1 aromatic carbocycles. The van der Waals surface area contributed by atoms with E-state index in [0.717, 1.165) is 16.0 Å². The molecule has 1 aliphatic rings. The SMILES string of the molecule is O=C1OCC(c2ccccc2Cl)=C1c1cccs1. The van der Waals surface area contributed by atoms with Gasteiger partial charge in [-0.2, -0.15) is 0 Å². The summed E-state index contributed by atoms with van der Waals surface area (Å²) in [5, 5.41) is 2.58. The Kier molecular flexibility index (Phi) is 2.94. The van der Waals surface area contributed by atoms with Gasteiger partial charge in [-0.05, 0) is 17.5 Å². The molecule has 0 fully saturated rings. The molecule has 0 amide bonds. The lowest BCUT2D eigenvalue weighted by atomic mass is 10.0. The van der Waals surface area contributed by atoms with Gasteiger partial charge in [-0.15, -0.1) is 11.3 Å². The summed E-state index contributed by atoms with van der Waals surface area (Å²) in [4.78, 5) is 12.8. The fraction of sp³-hybridized carbons (Fsp3) is 0.0714. The molecular formula is C14H9ClO2S. The summed E-state index contributed by atoms with van der Waals surface area (Å²) < 4.78 is 5.15. The van der Waals surface area contributed by atoms with Crippen molar-refractivity contribution >= 4 is 40.1 Å². The third kappa shape index (κ3) is 1.85. The molecule has 0 spiro atoms. The summed E-state index contributed by atoms with van der Waals surface area (Å²) in [7, 11) is 0. The van der Waals surface area contributed by atoms with Gasteiger partial charge >= 0.3 is 5.97 Å². The van der Waals surface area contributed by atoms with Crippen molar-refractivity contribution < 1.29 is 9.53 Å². The van der Waals surface area contributed by atoms with E-state index in [0.29, 0.717) is 10.6 Å². The molecule has 0 aliphatic carbocycles. The monoisotopic (exact) mass is 276 g/mol. The first-order chi connectivity index (χ1) is 8.77. The molecule has 0 bridgehead atoms. The van der Waals surface area contributed by atoms with Gasteiger partial charge in [0.25, 0.3) is 0 Å². The van der Waals surface area contributed by atoms with Gasteiger partial charge in [-0.1, -0.05) is 35.9 Å². The highest BCUT2D eigenvalue weighted by Gasteiger charge is 2.28. The number of halogens is 1. The molecule has 18 heavy (non-hydrogen) atoms. The lowest BCUT2D eigenvalue weighted by Crippen LogP contribution is -1.96. The van der Waals surface area contributed by atoms with E-state index in [-0.39, 0.29) is 12.6 Å². The number of carbonyl (C=O) groups excluding carboxylic acids is 1. The Bertz CT molecular complexity index is 629. The molecule has 90 valence electrons. The first kappa shape index (κ1) is 11.5. The van der Waals surface area contributed by atoms with E-state index in [2.05, 4.69) is 0 Å². The van der Waals surface area contributed by atoms with Crippen LogP contribution >= 0.6 is 22.9 Å². The van der Waals surface area contributed by atoms with Crippen LogP contribution < -0.4 is 0 Å². The van der Waals surface area contributed by atoms with Gasteiger partial charge in [0.1, 0.15) is 6.61 Å². The molecule has 4 heteroatoms. The van der Waals surface area contributed by atoms with Gasteiger partial charge in [-0.25, -0.2) is 4.79 Å². The first-order valence-corrected chi connectivity index (χ1v) is 6.72. The van der Waals surface area contributed by atoms with Crippen LogP contribution in [0.2, 0.25) is 5.02 Å². The summed E-state index contributed by atoms with van der Waals surface area (Å²) in [5.74, 6) is -0.271. The summed E-state index contributed by atoms with van der Waals surface area (Å²) in [5.41, 5.74) is 2.37. The zero-order chi connectivity index (χ0) is 12.5. The standard InChI is InChI=1S/C14H9ClO2S/c15-11-5-2-1-4-9(11)10-8-17-14(16)13(10)12-6-3-7-18-12/h1-7H,8H2. The van der Waals surface area contributed by atoms with E-state index in [1.54, 1.807) is 0 Å². The van der Waals surface area contributed by atoms with E-state index in [1.165, 1.54) is 11.3 Å². The number of cyclic esters (lactones) is 1. The maximum atomic E-state index is 11.9. The molecule has 0 atom stereocenters. The van der Waals surface area contributed by atoms with Gasteiger partial charge in [0.05, 0.1) is 5.57 Å². The number of thiophene rings is 1. The molecule has 0 radical (unpaired) electrons. The molecule has 2 nitrogen and oxygen atoms in total. The quantitative estimate of drug-likeness (QED) is 0.779. The second-order valence-corrected chi connectivity index (χ2v) is 5.24. The summed E-state index contributed by atoms with van der Waals surface area (Å²) in [6, 6.07) is 11.3. The van der Waals surface area contributed by atoms with Crippen molar-refractivity contribution in [2.24, 2.45) is 0 Å². The van der Waals surface area contributed by atoms with Crippen LogP contribution in [-0.2, 0) is 9.53 Å². The number of benzene rings is 1. The molecule has 0 N–H and O–H groups in total. The lowest BCUT2D eigenvalue weighted by molar-refractivity contribution is -0.133. The largest absolute Gasteiger partial charge is 0.457 e. The Morgan fingerprint density at radius 3 is 2.72 bits per heavy atom. The Morgan fingerprint density at radius 2 is 2.00 bits per heavy atom.